The first-order chi connectivity index (χ1) is 8.03. The van der Waals surface area contributed by atoms with Crippen molar-refractivity contribution in [3.63, 3.8) is 0 Å². The van der Waals surface area contributed by atoms with Gasteiger partial charge in [-0.25, -0.2) is 0 Å². The molecular weight excluding hydrogens is 261 g/mol. The number of rotatable bonds is 2. The Morgan fingerprint density at radius 3 is 2.47 bits per heavy atom. The SMILES string of the molecule is NC1(C(=O)c2ccc(Cl)c(Cl)c2)CCOCC1. The smallest absolute Gasteiger partial charge is 0.182 e. The van der Waals surface area contributed by atoms with Gasteiger partial charge in [0.25, 0.3) is 0 Å². The van der Waals surface area contributed by atoms with Gasteiger partial charge in [-0.1, -0.05) is 23.2 Å². The monoisotopic (exact) mass is 273 g/mol. The molecule has 92 valence electrons. The van der Waals surface area contributed by atoms with Gasteiger partial charge in [-0.05, 0) is 31.0 Å². The number of carbonyl (C=O) groups is 1. The Morgan fingerprint density at radius 1 is 1.24 bits per heavy atom. The van der Waals surface area contributed by atoms with Crippen LogP contribution in [0.4, 0.5) is 0 Å². The van der Waals surface area contributed by atoms with Crippen molar-refractivity contribution >= 4 is 29.0 Å². The zero-order valence-corrected chi connectivity index (χ0v) is 10.7. The average molecular weight is 274 g/mol. The molecule has 0 aromatic heterocycles. The lowest BCUT2D eigenvalue weighted by Gasteiger charge is -2.31. The van der Waals surface area contributed by atoms with Crippen molar-refractivity contribution in [2.24, 2.45) is 5.73 Å². The van der Waals surface area contributed by atoms with E-state index in [0.29, 0.717) is 41.7 Å². The zero-order valence-electron chi connectivity index (χ0n) is 9.21. The van der Waals surface area contributed by atoms with Crippen molar-refractivity contribution in [2.45, 2.75) is 18.4 Å². The molecule has 0 atom stereocenters. The summed E-state index contributed by atoms with van der Waals surface area (Å²) < 4.78 is 5.21. The number of halogens is 2. The lowest BCUT2D eigenvalue weighted by atomic mass is 9.83. The van der Waals surface area contributed by atoms with Crippen LogP contribution < -0.4 is 5.73 Å². The second kappa shape index (κ2) is 4.94. The second-order valence-corrected chi connectivity index (χ2v) is 5.04. The normalized spacial score (nSPS) is 19.0. The van der Waals surface area contributed by atoms with Crippen molar-refractivity contribution < 1.29 is 9.53 Å². The number of hydrogen-bond acceptors (Lipinski definition) is 3. The topological polar surface area (TPSA) is 52.3 Å². The van der Waals surface area contributed by atoms with Crippen LogP contribution in [0.15, 0.2) is 18.2 Å². The number of ether oxygens (including phenoxy) is 1. The number of nitrogens with two attached hydrogens (primary N) is 1. The van der Waals surface area contributed by atoms with Gasteiger partial charge < -0.3 is 10.5 Å². The maximum Gasteiger partial charge on any atom is 0.182 e. The molecule has 0 spiro atoms. The zero-order chi connectivity index (χ0) is 12.5. The van der Waals surface area contributed by atoms with E-state index in [1.165, 1.54) is 0 Å². The highest BCUT2D eigenvalue weighted by Crippen LogP contribution is 2.27. The van der Waals surface area contributed by atoms with Crippen molar-refractivity contribution in [3.05, 3.63) is 33.8 Å². The standard InChI is InChI=1S/C12H13Cl2NO2/c13-9-2-1-8(7-10(9)14)11(16)12(15)3-5-17-6-4-12/h1-2,7H,3-6,15H2. The number of Topliss-reactive ketones (excluding diaryl/α,β-unsaturated/α-hetero) is 1. The van der Waals surface area contributed by atoms with Gasteiger partial charge in [0.15, 0.2) is 5.78 Å². The van der Waals surface area contributed by atoms with E-state index in [2.05, 4.69) is 0 Å². The average Bonchev–Trinajstić information content (AvgIpc) is 2.33. The van der Waals surface area contributed by atoms with Gasteiger partial charge in [-0.15, -0.1) is 0 Å². The molecule has 0 saturated carbocycles. The fourth-order valence-electron chi connectivity index (χ4n) is 1.89. The Bertz CT molecular complexity index is 442. The molecule has 2 rings (SSSR count). The van der Waals surface area contributed by atoms with Gasteiger partial charge in [0.1, 0.15) is 0 Å². The molecule has 0 unspecified atom stereocenters. The Labute approximate surface area is 110 Å². The van der Waals surface area contributed by atoms with Crippen LogP contribution in [0.25, 0.3) is 0 Å². The summed E-state index contributed by atoms with van der Waals surface area (Å²) in [6, 6.07) is 4.83. The molecule has 1 aromatic carbocycles. The van der Waals surface area contributed by atoms with Crippen LogP contribution in [0.2, 0.25) is 10.0 Å². The third-order valence-corrected chi connectivity index (χ3v) is 3.76. The van der Waals surface area contributed by atoms with Crippen LogP contribution in [0.1, 0.15) is 23.2 Å². The molecule has 1 fully saturated rings. The van der Waals surface area contributed by atoms with Crippen LogP contribution in [-0.2, 0) is 4.74 Å². The molecule has 1 heterocycles. The van der Waals surface area contributed by atoms with E-state index in [9.17, 15) is 4.79 Å². The van der Waals surface area contributed by atoms with Crippen molar-refractivity contribution in [3.8, 4) is 0 Å². The third-order valence-electron chi connectivity index (χ3n) is 3.02. The summed E-state index contributed by atoms with van der Waals surface area (Å²) in [6.45, 7) is 1.03. The highest BCUT2D eigenvalue weighted by atomic mass is 35.5. The van der Waals surface area contributed by atoms with Crippen LogP contribution in [0.5, 0.6) is 0 Å². The van der Waals surface area contributed by atoms with E-state index >= 15 is 0 Å². The molecule has 1 saturated heterocycles. The Balaban J connectivity index is 2.26. The van der Waals surface area contributed by atoms with Gasteiger partial charge in [0.05, 0.1) is 15.6 Å². The summed E-state index contributed by atoms with van der Waals surface area (Å²) in [5.74, 6) is -0.0978. The van der Waals surface area contributed by atoms with Crippen LogP contribution in [0.3, 0.4) is 0 Å². The van der Waals surface area contributed by atoms with Crippen LogP contribution in [-0.4, -0.2) is 24.5 Å². The maximum absolute atomic E-state index is 12.3. The minimum absolute atomic E-state index is 0.0978. The second-order valence-electron chi connectivity index (χ2n) is 4.23. The minimum atomic E-state index is -0.838. The predicted octanol–water partition coefficient (Wildman–Crippen LogP) is 2.68. The van der Waals surface area contributed by atoms with Gasteiger partial charge >= 0.3 is 0 Å². The Morgan fingerprint density at radius 2 is 1.88 bits per heavy atom. The third kappa shape index (κ3) is 2.63. The largest absolute Gasteiger partial charge is 0.381 e. The van der Waals surface area contributed by atoms with Gasteiger partial charge in [-0.3, -0.25) is 4.79 Å². The van der Waals surface area contributed by atoms with Crippen molar-refractivity contribution in [1.29, 1.82) is 0 Å². The molecular formula is C12H13Cl2NO2. The van der Waals surface area contributed by atoms with E-state index in [4.69, 9.17) is 33.7 Å². The molecule has 17 heavy (non-hydrogen) atoms. The van der Waals surface area contributed by atoms with Gasteiger partial charge in [0, 0.05) is 18.8 Å². The summed E-state index contributed by atoms with van der Waals surface area (Å²) in [5, 5.41) is 0.800. The summed E-state index contributed by atoms with van der Waals surface area (Å²) in [4.78, 5) is 12.3. The van der Waals surface area contributed by atoms with E-state index in [0.717, 1.165) is 0 Å². The first-order valence-corrected chi connectivity index (χ1v) is 6.15. The van der Waals surface area contributed by atoms with Crippen molar-refractivity contribution in [2.75, 3.05) is 13.2 Å². The number of ketones is 1. The molecule has 2 N–H and O–H groups in total. The fourth-order valence-corrected chi connectivity index (χ4v) is 2.19. The molecule has 0 amide bonds. The molecule has 1 aromatic rings. The highest BCUT2D eigenvalue weighted by molar-refractivity contribution is 6.42. The summed E-state index contributed by atoms with van der Waals surface area (Å²) >= 11 is 11.7. The number of benzene rings is 1. The molecule has 5 heteroatoms. The first kappa shape index (κ1) is 12.8. The van der Waals surface area contributed by atoms with E-state index in [1.54, 1.807) is 18.2 Å². The molecule has 0 bridgehead atoms. The van der Waals surface area contributed by atoms with E-state index in [-0.39, 0.29) is 5.78 Å². The molecule has 3 nitrogen and oxygen atoms in total. The summed E-state index contributed by atoms with van der Waals surface area (Å²) in [7, 11) is 0. The van der Waals surface area contributed by atoms with Crippen LogP contribution in [0, 0.1) is 0 Å². The highest BCUT2D eigenvalue weighted by Gasteiger charge is 2.36. The minimum Gasteiger partial charge on any atom is -0.381 e. The quantitative estimate of drug-likeness (QED) is 0.843. The van der Waals surface area contributed by atoms with E-state index < -0.39 is 5.54 Å². The van der Waals surface area contributed by atoms with E-state index in [1.807, 2.05) is 0 Å². The Hall–Kier alpha value is -0.610. The molecule has 1 aliphatic heterocycles. The van der Waals surface area contributed by atoms with Gasteiger partial charge in [-0.2, -0.15) is 0 Å². The molecule has 0 aliphatic carbocycles. The van der Waals surface area contributed by atoms with Crippen molar-refractivity contribution in [1.82, 2.24) is 0 Å². The molecule has 1 aliphatic rings. The maximum atomic E-state index is 12.3. The first-order valence-electron chi connectivity index (χ1n) is 5.39. The fraction of sp³-hybridized carbons (Fsp3) is 0.417. The number of carbonyl (C=O) groups excluding carboxylic acids is 1. The summed E-state index contributed by atoms with van der Waals surface area (Å²) in [6.07, 6.45) is 1.07. The van der Waals surface area contributed by atoms with Crippen LogP contribution >= 0.6 is 23.2 Å². The lowest BCUT2D eigenvalue weighted by Crippen LogP contribution is -2.51. The Kier molecular flexibility index (Phi) is 3.73. The number of hydrogen-bond donors (Lipinski definition) is 1. The predicted molar refractivity (Wildman–Crippen MR) is 67.8 cm³/mol. The lowest BCUT2D eigenvalue weighted by molar-refractivity contribution is 0.0448. The van der Waals surface area contributed by atoms with Gasteiger partial charge in [0.2, 0.25) is 0 Å². The summed E-state index contributed by atoms with van der Waals surface area (Å²) in [5.41, 5.74) is 5.78. The molecule has 0 radical (unpaired) electrons.